The maximum absolute atomic E-state index is 6.65. The third-order valence-corrected chi connectivity index (χ3v) is 15.5. The lowest BCUT2D eigenvalue weighted by molar-refractivity contribution is 0.668. The summed E-state index contributed by atoms with van der Waals surface area (Å²) in [7, 11) is 0. The van der Waals surface area contributed by atoms with Crippen LogP contribution in [0.5, 0.6) is 0 Å². The summed E-state index contributed by atoms with van der Waals surface area (Å²) in [5.74, 6) is 0. The molecule has 0 fully saturated rings. The van der Waals surface area contributed by atoms with Gasteiger partial charge in [0.1, 0.15) is 16.7 Å². The van der Waals surface area contributed by atoms with Gasteiger partial charge in [0.25, 0.3) is 0 Å². The van der Waals surface area contributed by atoms with Gasteiger partial charge in [-0.25, -0.2) is 0 Å². The molecule has 0 saturated heterocycles. The van der Waals surface area contributed by atoms with Gasteiger partial charge in [-0.3, -0.25) is 0 Å². The molecular formula is C66H38N4O2. The van der Waals surface area contributed by atoms with Crippen LogP contribution in [0.3, 0.4) is 0 Å². The van der Waals surface area contributed by atoms with Gasteiger partial charge in [0.05, 0.1) is 38.8 Å². The Balaban J connectivity index is 0.854. The maximum Gasteiger partial charge on any atom is 0.159 e. The summed E-state index contributed by atoms with van der Waals surface area (Å²) in [6.45, 7) is 0. The van der Waals surface area contributed by atoms with Crippen molar-refractivity contribution in [2.75, 3.05) is 9.80 Å². The number of hydrogen-bond donors (Lipinski definition) is 0. The summed E-state index contributed by atoms with van der Waals surface area (Å²) >= 11 is 0. The average molecular weight is 919 g/mol. The molecule has 11 aromatic carbocycles. The highest BCUT2D eigenvalue weighted by molar-refractivity contribution is 6.29. The first-order chi connectivity index (χ1) is 35.7. The van der Waals surface area contributed by atoms with Crippen LogP contribution in [0, 0.1) is 0 Å². The van der Waals surface area contributed by atoms with Crippen LogP contribution in [0.15, 0.2) is 239 Å². The molecule has 6 heterocycles. The molecule has 0 aliphatic carbocycles. The lowest BCUT2D eigenvalue weighted by Crippen LogP contribution is -2.10. The molecule has 0 N–H and O–H groups in total. The van der Waals surface area contributed by atoms with Gasteiger partial charge in [0.2, 0.25) is 0 Å². The van der Waals surface area contributed by atoms with Crippen molar-refractivity contribution in [3.05, 3.63) is 231 Å². The van der Waals surface area contributed by atoms with Crippen molar-refractivity contribution in [1.29, 1.82) is 0 Å². The first-order valence-corrected chi connectivity index (χ1v) is 24.6. The minimum absolute atomic E-state index is 0.872. The summed E-state index contributed by atoms with van der Waals surface area (Å²) in [5.41, 5.74) is 17.3. The number of aromatic nitrogens is 2. The zero-order chi connectivity index (χ0) is 46.8. The SMILES string of the molecule is c1ccc(N(c2ccc3oc4ccccc4c3c2)c2ccc3c(c2)c2cccc4c5cc6c(cc5n3c24)c2cccc3c4cc(N(c5ccccc5)c5cccc7c5oc5ccccc57)ccc4n6c32)cc1. The second-order valence-corrected chi connectivity index (χ2v) is 19.2. The molecule has 0 unspecified atom stereocenters. The minimum Gasteiger partial charge on any atom is -0.456 e. The Morgan fingerprint density at radius 2 is 0.667 bits per heavy atom. The van der Waals surface area contributed by atoms with Crippen LogP contribution in [0.4, 0.5) is 34.1 Å². The highest BCUT2D eigenvalue weighted by atomic mass is 16.3. The Hall–Kier alpha value is -9.78. The number of anilines is 6. The molecule has 17 rings (SSSR count). The van der Waals surface area contributed by atoms with E-state index < -0.39 is 0 Å². The molecule has 0 aliphatic heterocycles. The number of hydrogen-bond acceptors (Lipinski definition) is 4. The molecule has 0 aliphatic rings. The van der Waals surface area contributed by atoms with Crippen LogP contribution < -0.4 is 9.80 Å². The molecular weight excluding hydrogens is 881 g/mol. The summed E-state index contributed by atoms with van der Waals surface area (Å²) in [6, 6.07) is 83.4. The van der Waals surface area contributed by atoms with Crippen LogP contribution in [-0.4, -0.2) is 8.80 Å². The van der Waals surface area contributed by atoms with E-state index in [2.05, 4.69) is 231 Å². The Morgan fingerprint density at radius 3 is 1.26 bits per heavy atom. The van der Waals surface area contributed by atoms with E-state index in [-0.39, 0.29) is 0 Å². The fourth-order valence-electron chi connectivity index (χ4n) is 12.5. The van der Waals surface area contributed by atoms with E-state index in [1.54, 1.807) is 0 Å². The van der Waals surface area contributed by atoms with E-state index in [4.69, 9.17) is 8.83 Å². The van der Waals surface area contributed by atoms with Crippen LogP contribution in [0.2, 0.25) is 0 Å². The van der Waals surface area contributed by atoms with E-state index in [0.29, 0.717) is 0 Å². The molecule has 0 amide bonds. The molecule has 6 nitrogen and oxygen atoms in total. The monoisotopic (exact) mass is 918 g/mol. The van der Waals surface area contributed by atoms with Gasteiger partial charge in [-0.2, -0.15) is 0 Å². The quantitative estimate of drug-likeness (QED) is 0.167. The average Bonchev–Trinajstić information content (AvgIpc) is 4.29. The number of rotatable bonds is 6. The van der Waals surface area contributed by atoms with Crippen molar-refractivity contribution in [1.82, 2.24) is 8.80 Å². The van der Waals surface area contributed by atoms with Crippen molar-refractivity contribution in [2.45, 2.75) is 0 Å². The van der Waals surface area contributed by atoms with Crippen molar-refractivity contribution in [2.24, 2.45) is 0 Å². The molecule has 0 saturated carbocycles. The highest BCUT2D eigenvalue weighted by Gasteiger charge is 2.26. The first kappa shape index (κ1) is 38.1. The standard InChI is InChI=1S/C66H38N4O2/c1-3-14-39(15-4-1)67(42-30-33-63-55(36-42)45-19-8-9-26-61(45)71-63)41-28-31-56-51(34-41)46-20-11-22-48-53-38-60-54(37-59(53)69(56)64(46)48)49-23-12-21-47-52-35-43(29-32-57(52)70(60)65(47)49)68(40-16-5-2-6-17-40)58-25-13-24-50-44-18-7-10-27-62(44)72-66(50)58/h1-38H. The van der Waals surface area contributed by atoms with Crippen molar-refractivity contribution in [3.8, 4) is 0 Å². The zero-order valence-corrected chi connectivity index (χ0v) is 38.5. The third kappa shape index (κ3) is 5.01. The minimum atomic E-state index is 0.872. The van der Waals surface area contributed by atoms with Gasteiger partial charge in [0, 0.05) is 93.1 Å². The van der Waals surface area contributed by atoms with Crippen LogP contribution >= 0.6 is 0 Å². The number of benzene rings is 11. The van der Waals surface area contributed by atoms with Gasteiger partial charge in [-0.15, -0.1) is 0 Å². The number of furan rings is 2. The Labute approximate surface area is 410 Å². The summed E-state index contributed by atoms with van der Waals surface area (Å²) < 4.78 is 17.9. The predicted octanol–water partition coefficient (Wildman–Crippen LogP) is 18.7. The van der Waals surface area contributed by atoms with Crippen LogP contribution in [-0.2, 0) is 0 Å². The summed E-state index contributed by atoms with van der Waals surface area (Å²) in [5, 5.41) is 14.4. The number of fused-ring (bicyclic) bond motifs is 18. The second-order valence-electron chi connectivity index (χ2n) is 19.2. The van der Waals surface area contributed by atoms with E-state index in [0.717, 1.165) is 78.0 Å². The Morgan fingerprint density at radius 1 is 0.250 bits per heavy atom. The molecule has 0 bridgehead atoms. The van der Waals surface area contributed by atoms with Gasteiger partial charge >= 0.3 is 0 Å². The highest BCUT2D eigenvalue weighted by Crippen LogP contribution is 2.49. The van der Waals surface area contributed by atoms with E-state index in [1.807, 2.05) is 18.2 Å². The first-order valence-electron chi connectivity index (χ1n) is 24.6. The summed E-state index contributed by atoms with van der Waals surface area (Å²) in [6.07, 6.45) is 0. The zero-order valence-electron chi connectivity index (χ0n) is 38.5. The molecule has 334 valence electrons. The van der Waals surface area contributed by atoms with Crippen molar-refractivity contribution >= 4 is 154 Å². The van der Waals surface area contributed by atoms with Crippen molar-refractivity contribution < 1.29 is 8.83 Å². The Bertz CT molecular complexity index is 5060. The molecule has 6 aromatic heterocycles. The topological polar surface area (TPSA) is 41.6 Å². The van der Waals surface area contributed by atoms with Crippen LogP contribution in [0.25, 0.3) is 120 Å². The molecule has 17 aromatic rings. The third-order valence-electron chi connectivity index (χ3n) is 15.5. The molecule has 6 heteroatoms. The lowest BCUT2D eigenvalue weighted by atomic mass is 10.0. The lowest BCUT2D eigenvalue weighted by Gasteiger charge is -2.25. The van der Waals surface area contributed by atoms with Gasteiger partial charge in [-0.1, -0.05) is 121 Å². The molecule has 0 spiro atoms. The van der Waals surface area contributed by atoms with E-state index in [9.17, 15) is 0 Å². The van der Waals surface area contributed by atoms with Crippen LogP contribution in [0.1, 0.15) is 0 Å². The number of nitrogens with zero attached hydrogens (tertiary/aromatic N) is 4. The van der Waals surface area contributed by atoms with Gasteiger partial charge in [0.15, 0.2) is 5.58 Å². The molecule has 72 heavy (non-hydrogen) atoms. The molecule has 0 atom stereocenters. The molecule has 0 radical (unpaired) electrons. The van der Waals surface area contributed by atoms with Crippen molar-refractivity contribution in [3.63, 3.8) is 0 Å². The smallest absolute Gasteiger partial charge is 0.159 e. The van der Waals surface area contributed by atoms with E-state index >= 15 is 0 Å². The van der Waals surface area contributed by atoms with Gasteiger partial charge in [-0.05, 0) is 109 Å². The fraction of sp³-hybridized carbons (Fsp3) is 0. The normalized spacial score (nSPS) is 12.4. The van der Waals surface area contributed by atoms with Gasteiger partial charge < -0.3 is 27.4 Å². The summed E-state index contributed by atoms with van der Waals surface area (Å²) in [4.78, 5) is 4.70. The number of para-hydroxylation sites is 7. The predicted molar refractivity (Wildman–Crippen MR) is 300 cm³/mol. The fourth-order valence-corrected chi connectivity index (χ4v) is 12.5. The second kappa shape index (κ2) is 13.9. The largest absolute Gasteiger partial charge is 0.456 e. The maximum atomic E-state index is 6.65. The Kier molecular flexibility index (Phi) is 7.38. The van der Waals surface area contributed by atoms with E-state index in [1.165, 1.54) is 76.2 Å².